The molecule has 274 valence electrons. The van der Waals surface area contributed by atoms with Crippen molar-refractivity contribution in [2.75, 3.05) is 6.61 Å². The minimum atomic E-state index is -2.06. The molecule has 0 spiro atoms. The van der Waals surface area contributed by atoms with E-state index in [0.717, 1.165) is 18.2 Å². The zero-order valence-corrected chi connectivity index (χ0v) is 29.3. The van der Waals surface area contributed by atoms with Crippen molar-refractivity contribution in [2.45, 2.75) is 84.8 Å². The molecule has 3 unspecified atom stereocenters. The molecule has 3 atom stereocenters. The molecule has 0 amide bonds. The van der Waals surface area contributed by atoms with E-state index in [0.29, 0.717) is 0 Å². The van der Waals surface area contributed by atoms with Crippen molar-refractivity contribution in [3.05, 3.63) is 51.6 Å². The van der Waals surface area contributed by atoms with Crippen LogP contribution in [0.15, 0.2) is 18.2 Å². The van der Waals surface area contributed by atoms with Gasteiger partial charge in [0.05, 0.1) is 12.5 Å². The van der Waals surface area contributed by atoms with Crippen LogP contribution in [0, 0.1) is 17.8 Å². The van der Waals surface area contributed by atoms with E-state index in [-0.39, 0.29) is 71.6 Å². The number of benzene rings is 3. The van der Waals surface area contributed by atoms with Gasteiger partial charge in [-0.2, -0.15) is 0 Å². The topological polar surface area (TPSA) is 232 Å². The Balaban J connectivity index is 1.77. The van der Waals surface area contributed by atoms with Gasteiger partial charge in [-0.05, 0) is 17.8 Å². The van der Waals surface area contributed by atoms with Crippen molar-refractivity contribution in [2.24, 2.45) is 17.8 Å². The smallest absolute Gasteiger partial charge is 0.222 e. The lowest BCUT2D eigenvalue weighted by atomic mass is 9.76. The van der Waals surface area contributed by atoms with Crippen molar-refractivity contribution >= 4 is 17.3 Å². The van der Waals surface area contributed by atoms with Gasteiger partial charge in [-0.25, -0.2) is 0 Å². The van der Waals surface area contributed by atoms with Gasteiger partial charge in [-0.1, -0.05) is 41.5 Å². The summed E-state index contributed by atoms with van der Waals surface area (Å²) in [5.41, 5.74) is -1.81. The summed E-state index contributed by atoms with van der Waals surface area (Å²) >= 11 is 0. The number of ether oxygens (including phenoxy) is 2. The van der Waals surface area contributed by atoms with Crippen molar-refractivity contribution in [3.8, 4) is 51.7 Å². The second kappa shape index (κ2) is 13.5. The van der Waals surface area contributed by atoms with Crippen LogP contribution in [0.5, 0.6) is 51.7 Å². The Kier molecular flexibility index (Phi) is 9.83. The molecule has 0 aliphatic carbocycles. The Morgan fingerprint density at radius 3 is 1.57 bits per heavy atom. The molecule has 3 aromatic rings. The highest BCUT2D eigenvalue weighted by molar-refractivity contribution is 6.04. The molecule has 0 radical (unpaired) electrons. The van der Waals surface area contributed by atoms with Crippen molar-refractivity contribution < 1.29 is 64.7 Å². The summed E-state index contributed by atoms with van der Waals surface area (Å²) < 4.78 is 12.7. The molecule has 51 heavy (non-hydrogen) atoms. The molecular formula is C38H44O13. The van der Waals surface area contributed by atoms with Crippen LogP contribution in [0.25, 0.3) is 0 Å². The molecular weight excluding hydrogens is 664 g/mol. The fraction of sp³-hybridized carbons (Fsp3) is 0.447. The van der Waals surface area contributed by atoms with Crippen LogP contribution >= 0.6 is 0 Å². The van der Waals surface area contributed by atoms with Gasteiger partial charge in [0.25, 0.3) is 0 Å². The lowest BCUT2D eigenvalue weighted by Crippen LogP contribution is -2.39. The molecule has 2 aliphatic rings. The first kappa shape index (κ1) is 37.1. The number of phenols is 8. The molecule has 8 N–H and O–H groups in total. The van der Waals surface area contributed by atoms with Gasteiger partial charge in [-0.15, -0.1) is 0 Å². The number of fused-ring (bicyclic) bond motifs is 3. The first-order valence-electron chi connectivity index (χ1n) is 16.8. The largest absolute Gasteiger partial charge is 0.507 e. The number of carbonyl (C=O) groups is 3. The van der Waals surface area contributed by atoms with Crippen molar-refractivity contribution in [1.29, 1.82) is 0 Å². The average Bonchev–Trinajstić information content (AvgIpc) is 3.48. The van der Waals surface area contributed by atoms with E-state index in [1.165, 1.54) is 0 Å². The first-order valence-corrected chi connectivity index (χ1v) is 16.8. The third-order valence-electron chi connectivity index (χ3n) is 9.32. The maximum absolute atomic E-state index is 13.5. The maximum Gasteiger partial charge on any atom is 0.222 e. The van der Waals surface area contributed by atoms with Crippen molar-refractivity contribution in [1.82, 2.24) is 0 Å². The molecule has 5 rings (SSSR count). The number of phenolic OH excluding ortho intramolecular Hbond substituents is 8. The summed E-state index contributed by atoms with van der Waals surface area (Å²) in [4.78, 5) is 39.8. The first-order chi connectivity index (χ1) is 23.8. The van der Waals surface area contributed by atoms with Gasteiger partial charge in [0.1, 0.15) is 68.4 Å². The zero-order valence-electron chi connectivity index (χ0n) is 29.3. The third-order valence-corrected chi connectivity index (χ3v) is 9.32. The third kappa shape index (κ3) is 6.46. The molecule has 2 heterocycles. The molecule has 0 aromatic heterocycles. The summed E-state index contributed by atoms with van der Waals surface area (Å²) in [6, 6.07) is 2.74. The number of hydrogen-bond acceptors (Lipinski definition) is 13. The molecule has 3 aromatic carbocycles. The minimum Gasteiger partial charge on any atom is -0.507 e. The van der Waals surface area contributed by atoms with Crippen LogP contribution in [-0.4, -0.2) is 70.6 Å². The van der Waals surface area contributed by atoms with Gasteiger partial charge in [0.15, 0.2) is 17.3 Å². The van der Waals surface area contributed by atoms with E-state index in [9.17, 15) is 55.2 Å². The number of hydrogen-bond donors (Lipinski definition) is 8. The predicted molar refractivity (Wildman–Crippen MR) is 182 cm³/mol. The second-order valence-corrected chi connectivity index (χ2v) is 14.8. The van der Waals surface area contributed by atoms with E-state index in [4.69, 9.17) is 9.47 Å². The molecule has 0 saturated carbocycles. The lowest BCUT2D eigenvalue weighted by molar-refractivity contribution is -0.144. The zero-order chi connectivity index (χ0) is 37.9. The number of ketones is 3. The highest BCUT2D eigenvalue weighted by Gasteiger charge is 2.62. The molecule has 2 aliphatic heterocycles. The Bertz CT molecular complexity index is 1930. The Morgan fingerprint density at radius 2 is 1.06 bits per heavy atom. The Labute approximate surface area is 294 Å². The van der Waals surface area contributed by atoms with Crippen LogP contribution in [0.2, 0.25) is 0 Å². The van der Waals surface area contributed by atoms with Crippen LogP contribution in [0.1, 0.15) is 120 Å². The summed E-state index contributed by atoms with van der Waals surface area (Å²) in [6.07, 6.45) is -0.715. The standard InChI is InChI=1S/C38H44O13/c1-15(2)7-21(40)30-25(44)10-20(39)18(35(30)48)13-38-34(33-28(47)12-27(46)32(37(33)51-38)23(42)9-17(5)6)19(14-50-38)29-24(43)11-26(45)31(36(29)49)22(41)8-16(3)4/h10-12,15-17,19,34,39,43-49H,7-9,13-14H2,1-6H3. The number of Topliss-reactive ketones (excluding diaryl/α,β-unsaturated/α-hetero) is 3. The fourth-order valence-electron chi connectivity index (χ4n) is 7.27. The van der Waals surface area contributed by atoms with Crippen LogP contribution in [0.3, 0.4) is 0 Å². The Morgan fingerprint density at radius 1 is 0.627 bits per heavy atom. The average molecular weight is 709 g/mol. The molecule has 0 bridgehead atoms. The van der Waals surface area contributed by atoms with Gasteiger partial charge < -0.3 is 50.3 Å². The van der Waals surface area contributed by atoms with Gasteiger partial charge >= 0.3 is 0 Å². The second-order valence-electron chi connectivity index (χ2n) is 14.8. The van der Waals surface area contributed by atoms with E-state index >= 15 is 0 Å². The molecule has 1 fully saturated rings. The van der Waals surface area contributed by atoms with E-state index in [1.54, 1.807) is 41.5 Å². The number of aromatic hydroxyl groups is 8. The highest BCUT2D eigenvalue weighted by Crippen LogP contribution is 2.64. The summed E-state index contributed by atoms with van der Waals surface area (Å²) in [7, 11) is 0. The number of rotatable bonds is 12. The molecule has 13 heteroatoms. The molecule has 13 nitrogen and oxygen atoms in total. The van der Waals surface area contributed by atoms with Crippen LogP contribution < -0.4 is 4.74 Å². The number of carbonyl (C=O) groups excluding carboxylic acids is 3. The van der Waals surface area contributed by atoms with E-state index in [1.807, 2.05) is 0 Å². The Hall–Kier alpha value is -5.17. The van der Waals surface area contributed by atoms with E-state index in [2.05, 4.69) is 0 Å². The minimum absolute atomic E-state index is 0.0300. The van der Waals surface area contributed by atoms with Gasteiger partial charge in [0, 0.05) is 66.5 Å². The van der Waals surface area contributed by atoms with Gasteiger partial charge in [-0.3, -0.25) is 14.4 Å². The predicted octanol–water partition coefficient (Wildman–Crippen LogP) is 6.25. The lowest BCUT2D eigenvalue weighted by Gasteiger charge is -2.30. The van der Waals surface area contributed by atoms with Crippen molar-refractivity contribution in [3.63, 3.8) is 0 Å². The molecule has 1 saturated heterocycles. The quantitative estimate of drug-likeness (QED) is 0.0974. The van der Waals surface area contributed by atoms with E-state index < -0.39 is 98.5 Å². The highest BCUT2D eigenvalue weighted by atomic mass is 16.7. The summed E-state index contributed by atoms with van der Waals surface area (Å²) in [5, 5.41) is 88.7. The SMILES string of the molecule is CC(C)CC(=O)c1c(O)cc(O)c(CC23OCC(c4c(O)cc(O)c(C(=O)CC(C)C)c4O)C2c2c(O)cc(O)c(C(=O)CC(C)C)c2O3)c1O. The maximum atomic E-state index is 13.5. The van der Waals surface area contributed by atoms with Gasteiger partial charge in [0.2, 0.25) is 5.79 Å². The van der Waals surface area contributed by atoms with Crippen LogP contribution in [0.4, 0.5) is 0 Å². The fourth-order valence-corrected chi connectivity index (χ4v) is 7.27. The summed E-state index contributed by atoms with van der Waals surface area (Å²) in [6.45, 7) is 10.3. The van der Waals surface area contributed by atoms with Crippen LogP contribution in [-0.2, 0) is 11.2 Å². The monoisotopic (exact) mass is 708 g/mol. The summed E-state index contributed by atoms with van der Waals surface area (Å²) in [5.74, 6) is -12.3. The normalized spacial score (nSPS) is 19.4.